The molecule has 3 aromatic carbocycles. The maximum atomic E-state index is 12.9. The lowest BCUT2D eigenvalue weighted by atomic mass is 9.79. The molecule has 35 heavy (non-hydrogen) atoms. The third kappa shape index (κ3) is 4.45. The van der Waals surface area contributed by atoms with Gasteiger partial charge in [0.25, 0.3) is 5.91 Å². The van der Waals surface area contributed by atoms with Gasteiger partial charge in [-0.15, -0.1) is 20.5 Å². The van der Waals surface area contributed by atoms with Crippen LogP contribution in [0.25, 0.3) is 33.7 Å². The first-order valence-electron chi connectivity index (χ1n) is 11.8. The van der Waals surface area contributed by atoms with Gasteiger partial charge in [-0.25, -0.2) is 0 Å². The Balaban J connectivity index is 1.32. The average molecular weight is 470 g/mol. The molecule has 0 spiro atoms. The standard InChI is InChI=1S/C28H29N4O3/c1-27(2)16-21(17-28(3,4)32(27)34)29-24(33)19-12-14-20(15-13-19)25-30-31-26(35-25)23-11-7-9-18-8-5-6-10-22(18)23/h5-15,21H,16-17H2,1-4H3,(H,29,33). The highest BCUT2D eigenvalue weighted by Gasteiger charge is 2.46. The van der Waals surface area contributed by atoms with Crippen molar-refractivity contribution in [1.82, 2.24) is 20.6 Å². The van der Waals surface area contributed by atoms with Crippen molar-refractivity contribution in [1.29, 1.82) is 0 Å². The van der Waals surface area contributed by atoms with E-state index in [-0.39, 0.29) is 11.9 Å². The molecule has 2 heterocycles. The normalized spacial score (nSPS) is 18.0. The van der Waals surface area contributed by atoms with Crippen LogP contribution in [0.2, 0.25) is 0 Å². The number of nitrogens with zero attached hydrogens (tertiary/aromatic N) is 3. The van der Waals surface area contributed by atoms with E-state index in [1.54, 1.807) is 12.1 Å². The molecule has 5 rings (SSSR count). The van der Waals surface area contributed by atoms with E-state index in [4.69, 9.17) is 4.42 Å². The molecule has 0 unspecified atom stereocenters. The molecule has 7 heteroatoms. The number of aromatic nitrogens is 2. The van der Waals surface area contributed by atoms with Gasteiger partial charge in [-0.3, -0.25) is 4.79 Å². The molecule has 1 aliphatic rings. The molecule has 0 aliphatic carbocycles. The van der Waals surface area contributed by atoms with Crippen molar-refractivity contribution in [2.75, 3.05) is 0 Å². The topological polar surface area (TPSA) is 91.2 Å². The highest BCUT2D eigenvalue weighted by atomic mass is 16.5. The molecule has 179 valence electrons. The van der Waals surface area contributed by atoms with E-state index in [0.29, 0.717) is 30.2 Å². The van der Waals surface area contributed by atoms with Gasteiger partial charge in [0.1, 0.15) is 0 Å². The maximum absolute atomic E-state index is 12.9. The summed E-state index contributed by atoms with van der Waals surface area (Å²) >= 11 is 0. The van der Waals surface area contributed by atoms with Crippen LogP contribution in [-0.2, 0) is 5.21 Å². The van der Waals surface area contributed by atoms with Crippen molar-refractivity contribution >= 4 is 16.7 Å². The van der Waals surface area contributed by atoms with Gasteiger partial charge in [-0.1, -0.05) is 36.4 Å². The Morgan fingerprint density at radius 3 is 2.23 bits per heavy atom. The van der Waals surface area contributed by atoms with Crippen molar-refractivity contribution in [3.8, 4) is 22.9 Å². The zero-order valence-electron chi connectivity index (χ0n) is 20.4. The molecule has 1 radical (unpaired) electrons. The molecule has 1 aromatic heterocycles. The van der Waals surface area contributed by atoms with Crippen LogP contribution in [0.5, 0.6) is 0 Å². The summed E-state index contributed by atoms with van der Waals surface area (Å²) in [7, 11) is 0. The lowest BCUT2D eigenvalue weighted by Crippen LogP contribution is -2.62. The van der Waals surface area contributed by atoms with Gasteiger partial charge in [-0.2, -0.15) is 0 Å². The summed E-state index contributed by atoms with van der Waals surface area (Å²) in [6, 6.07) is 21.1. The molecule has 0 saturated carbocycles. The second kappa shape index (κ2) is 8.59. The second-order valence-corrected chi connectivity index (χ2v) is 10.5. The number of piperidine rings is 1. The van der Waals surface area contributed by atoms with Crippen LogP contribution in [0.4, 0.5) is 0 Å². The molecule has 4 aromatic rings. The highest BCUT2D eigenvalue weighted by molar-refractivity contribution is 5.95. The van der Waals surface area contributed by atoms with Gasteiger partial charge >= 0.3 is 0 Å². The zero-order chi connectivity index (χ0) is 24.8. The lowest BCUT2D eigenvalue weighted by Gasteiger charge is -2.50. The van der Waals surface area contributed by atoms with E-state index in [2.05, 4.69) is 15.5 Å². The first kappa shape index (κ1) is 23.2. The molecule has 0 bridgehead atoms. The van der Waals surface area contributed by atoms with Gasteiger partial charge in [0.2, 0.25) is 11.8 Å². The number of hydrogen-bond acceptors (Lipinski definition) is 5. The molecule has 1 amide bonds. The quantitative estimate of drug-likeness (QED) is 0.417. The summed E-state index contributed by atoms with van der Waals surface area (Å²) in [6.07, 6.45) is 1.20. The van der Waals surface area contributed by atoms with Crippen molar-refractivity contribution < 1.29 is 14.4 Å². The van der Waals surface area contributed by atoms with E-state index in [9.17, 15) is 10.0 Å². The largest absolute Gasteiger partial charge is 0.416 e. The fraction of sp³-hybridized carbons (Fsp3) is 0.321. The van der Waals surface area contributed by atoms with Gasteiger partial charge in [-0.05, 0) is 81.6 Å². The fourth-order valence-corrected chi connectivity index (χ4v) is 5.26. The van der Waals surface area contributed by atoms with Crippen molar-refractivity contribution in [3.05, 3.63) is 72.3 Å². The number of hydroxylamine groups is 2. The Labute approximate surface area is 204 Å². The van der Waals surface area contributed by atoms with Gasteiger partial charge in [0.15, 0.2) is 0 Å². The molecule has 0 atom stereocenters. The summed E-state index contributed by atoms with van der Waals surface area (Å²) in [6.45, 7) is 7.69. The van der Waals surface area contributed by atoms with Crippen molar-refractivity contribution in [3.63, 3.8) is 0 Å². The number of carbonyl (C=O) groups excluding carboxylic acids is 1. The number of amides is 1. The molecule has 1 aliphatic heterocycles. The van der Waals surface area contributed by atoms with Crippen molar-refractivity contribution in [2.45, 2.75) is 57.7 Å². The van der Waals surface area contributed by atoms with E-state index in [1.807, 2.05) is 82.3 Å². The minimum atomic E-state index is -0.538. The highest BCUT2D eigenvalue weighted by Crippen LogP contribution is 2.37. The molecular formula is C28H29N4O3. The summed E-state index contributed by atoms with van der Waals surface area (Å²) < 4.78 is 5.98. The summed E-state index contributed by atoms with van der Waals surface area (Å²) in [4.78, 5) is 12.9. The minimum Gasteiger partial charge on any atom is -0.416 e. The van der Waals surface area contributed by atoms with E-state index >= 15 is 0 Å². The third-order valence-corrected chi connectivity index (χ3v) is 6.77. The van der Waals surface area contributed by atoms with Crippen LogP contribution in [0, 0.1) is 0 Å². The smallest absolute Gasteiger partial charge is 0.251 e. The zero-order valence-corrected chi connectivity index (χ0v) is 20.4. The van der Waals surface area contributed by atoms with Crippen LogP contribution in [0.1, 0.15) is 50.9 Å². The first-order valence-corrected chi connectivity index (χ1v) is 11.8. The number of nitrogens with one attached hydrogen (secondary N) is 1. The monoisotopic (exact) mass is 469 g/mol. The number of fused-ring (bicyclic) bond motifs is 1. The lowest BCUT2D eigenvalue weighted by molar-refractivity contribution is -0.289. The first-order chi connectivity index (χ1) is 16.6. The van der Waals surface area contributed by atoms with Crippen LogP contribution >= 0.6 is 0 Å². The third-order valence-electron chi connectivity index (χ3n) is 6.77. The van der Waals surface area contributed by atoms with Crippen LogP contribution in [-0.4, -0.2) is 38.3 Å². The second-order valence-electron chi connectivity index (χ2n) is 10.5. The van der Waals surface area contributed by atoms with Crippen molar-refractivity contribution in [2.24, 2.45) is 0 Å². The number of rotatable bonds is 4. The van der Waals surface area contributed by atoms with Crippen LogP contribution in [0.15, 0.2) is 71.1 Å². The Morgan fingerprint density at radius 2 is 1.51 bits per heavy atom. The molecule has 1 fully saturated rings. The fourth-order valence-electron chi connectivity index (χ4n) is 5.26. The Morgan fingerprint density at radius 1 is 0.886 bits per heavy atom. The van der Waals surface area contributed by atoms with Gasteiger partial charge in [0, 0.05) is 33.8 Å². The molecule has 1 N–H and O–H groups in total. The Bertz CT molecular complexity index is 1350. The van der Waals surface area contributed by atoms with Crippen LogP contribution in [0.3, 0.4) is 0 Å². The number of benzene rings is 3. The average Bonchev–Trinajstić information content (AvgIpc) is 3.32. The predicted molar refractivity (Wildman–Crippen MR) is 134 cm³/mol. The molecule has 7 nitrogen and oxygen atoms in total. The summed E-state index contributed by atoms with van der Waals surface area (Å²) in [5.74, 6) is 0.689. The summed E-state index contributed by atoms with van der Waals surface area (Å²) in [5, 5.41) is 27.5. The predicted octanol–water partition coefficient (Wildman–Crippen LogP) is 5.65. The molecule has 1 saturated heterocycles. The van der Waals surface area contributed by atoms with E-state index in [1.165, 1.54) is 0 Å². The van der Waals surface area contributed by atoms with Gasteiger partial charge < -0.3 is 9.73 Å². The van der Waals surface area contributed by atoms with E-state index < -0.39 is 11.1 Å². The summed E-state index contributed by atoms with van der Waals surface area (Å²) in [5.41, 5.74) is 1.09. The Hall–Kier alpha value is -3.55. The maximum Gasteiger partial charge on any atom is 0.251 e. The number of hydrogen-bond donors (Lipinski definition) is 1. The minimum absolute atomic E-state index is 0.0726. The van der Waals surface area contributed by atoms with Crippen LogP contribution < -0.4 is 5.32 Å². The SMILES string of the molecule is CC1(C)CC(NC(=O)c2ccc(-c3nnc(-c4cccc5ccccc45)o3)cc2)CC(C)(C)N1[O]. The van der Waals surface area contributed by atoms with E-state index in [0.717, 1.165) is 27.0 Å². The number of carbonyl (C=O) groups is 1. The molecular weight excluding hydrogens is 440 g/mol. The Kier molecular flexibility index (Phi) is 5.69. The van der Waals surface area contributed by atoms with Gasteiger partial charge in [0.05, 0.1) is 0 Å².